The Labute approximate surface area is 272 Å². The monoisotopic (exact) mass is 627 g/mol. The summed E-state index contributed by atoms with van der Waals surface area (Å²) in [6.45, 7) is 4.54. The Morgan fingerprint density at radius 3 is 0.977 bits per heavy atom. The van der Waals surface area contributed by atoms with E-state index in [2.05, 4.69) is 13.8 Å². The quantitative estimate of drug-likeness (QED) is 0.0677. The number of unbranched alkanes of at least 4 members (excludes halogenated alkanes) is 26. The van der Waals surface area contributed by atoms with Crippen molar-refractivity contribution < 1.29 is 19.8 Å². The summed E-state index contributed by atoms with van der Waals surface area (Å²) >= 11 is 1.63. The van der Waals surface area contributed by atoms with Crippen LogP contribution in [0.2, 0.25) is 0 Å². The topological polar surface area (TPSA) is 74.6 Å². The lowest BCUT2D eigenvalue weighted by Crippen LogP contribution is -2.29. The zero-order valence-corrected chi connectivity index (χ0v) is 29.8. The van der Waals surface area contributed by atoms with Crippen molar-refractivity contribution in [1.29, 1.82) is 0 Å². The second-order valence-electron chi connectivity index (χ2n) is 13.4. The smallest absolute Gasteiger partial charge is 0.304 e. The molecule has 0 aromatic carbocycles. The molecule has 1 atom stereocenters. The third-order valence-electron chi connectivity index (χ3n) is 9.17. The van der Waals surface area contributed by atoms with Gasteiger partial charge in [0.05, 0.1) is 12.8 Å². The molecule has 0 heterocycles. The third-order valence-corrected chi connectivity index (χ3v) is 10.7. The molecule has 0 saturated carbocycles. The maximum atomic E-state index is 11.9. The highest BCUT2D eigenvalue weighted by Gasteiger charge is 2.32. The predicted molar refractivity (Wildman–Crippen MR) is 190 cm³/mol. The average Bonchev–Trinajstić information content (AvgIpc) is 2.97. The van der Waals surface area contributed by atoms with Crippen molar-refractivity contribution in [2.75, 3.05) is 5.75 Å². The lowest BCUT2D eigenvalue weighted by molar-refractivity contribution is -0.138. The minimum absolute atomic E-state index is 0.115. The van der Waals surface area contributed by atoms with Gasteiger partial charge in [-0.25, -0.2) is 0 Å². The van der Waals surface area contributed by atoms with Crippen LogP contribution in [0.5, 0.6) is 0 Å². The maximum absolute atomic E-state index is 11.9. The highest BCUT2D eigenvalue weighted by Crippen LogP contribution is 2.40. The van der Waals surface area contributed by atoms with Crippen LogP contribution in [0.15, 0.2) is 0 Å². The van der Waals surface area contributed by atoms with Crippen molar-refractivity contribution in [1.82, 2.24) is 0 Å². The fourth-order valence-electron chi connectivity index (χ4n) is 6.41. The number of hydrogen-bond acceptors (Lipinski definition) is 3. The molecule has 0 radical (unpaired) electrons. The number of carboxylic acid groups (broad SMARTS) is 2. The fraction of sp³-hybridized carbons (Fsp3) is 0.947. The Hall–Kier alpha value is -0.710. The number of carboxylic acids is 2. The molecule has 0 fully saturated rings. The predicted octanol–water partition coefficient (Wildman–Crippen LogP) is 13.2. The number of aliphatic carboxylic acids is 2. The van der Waals surface area contributed by atoms with Gasteiger partial charge in [-0.15, -0.1) is 0 Å². The summed E-state index contributed by atoms with van der Waals surface area (Å²) in [6.07, 6.45) is 39.1. The molecule has 0 bridgehead atoms. The van der Waals surface area contributed by atoms with Gasteiger partial charge in [-0.3, -0.25) is 9.59 Å². The molecule has 1 unspecified atom stereocenters. The number of thioether (sulfide) groups is 1. The standard InChI is InChI=1S/C38H74O4S/c1-3-5-7-9-11-13-15-17-18-19-20-22-24-26-28-30-33-38(35-37(41)42,43-34-31-36(39)40)32-29-27-25-23-21-16-14-12-10-8-6-4-2/h3-35H2,1-2H3,(H,39,40)(H,41,42). The Kier molecular flexibility index (Phi) is 32.1. The molecular formula is C38H74O4S. The molecule has 0 aromatic heterocycles. The molecule has 4 nitrogen and oxygen atoms in total. The van der Waals surface area contributed by atoms with Crippen molar-refractivity contribution >= 4 is 23.7 Å². The van der Waals surface area contributed by atoms with E-state index in [9.17, 15) is 19.8 Å². The minimum atomic E-state index is -0.788. The van der Waals surface area contributed by atoms with Crippen molar-refractivity contribution in [3.05, 3.63) is 0 Å². The largest absolute Gasteiger partial charge is 0.481 e. The van der Waals surface area contributed by atoms with E-state index in [4.69, 9.17) is 0 Å². The number of carbonyl (C=O) groups is 2. The molecule has 0 aromatic rings. The van der Waals surface area contributed by atoms with Crippen LogP contribution in [0, 0.1) is 0 Å². The molecule has 0 aliphatic carbocycles. The van der Waals surface area contributed by atoms with Gasteiger partial charge in [-0.05, 0) is 12.8 Å². The molecular weight excluding hydrogens is 552 g/mol. The Morgan fingerprint density at radius 2 is 0.721 bits per heavy atom. The summed E-state index contributed by atoms with van der Waals surface area (Å²) in [6, 6.07) is 0. The first-order chi connectivity index (χ1) is 21.0. The lowest BCUT2D eigenvalue weighted by atomic mass is 9.90. The summed E-state index contributed by atoms with van der Waals surface area (Å²) in [4.78, 5) is 23.0. The van der Waals surface area contributed by atoms with Gasteiger partial charge in [0.1, 0.15) is 0 Å². The first-order valence-electron chi connectivity index (χ1n) is 19.0. The van der Waals surface area contributed by atoms with Crippen molar-refractivity contribution in [3.63, 3.8) is 0 Å². The maximum Gasteiger partial charge on any atom is 0.304 e. The second kappa shape index (κ2) is 32.7. The first kappa shape index (κ1) is 42.3. The van der Waals surface area contributed by atoms with Crippen LogP contribution in [0.25, 0.3) is 0 Å². The Bertz CT molecular complexity index is 611. The van der Waals surface area contributed by atoms with Crippen LogP contribution < -0.4 is 0 Å². The highest BCUT2D eigenvalue weighted by molar-refractivity contribution is 8.00. The summed E-state index contributed by atoms with van der Waals surface area (Å²) < 4.78 is -0.310. The van der Waals surface area contributed by atoms with E-state index in [1.807, 2.05) is 0 Å². The van der Waals surface area contributed by atoms with E-state index in [0.717, 1.165) is 38.5 Å². The average molecular weight is 627 g/mol. The fourth-order valence-corrected chi connectivity index (χ4v) is 7.92. The van der Waals surface area contributed by atoms with Gasteiger partial charge < -0.3 is 10.2 Å². The number of rotatable bonds is 36. The van der Waals surface area contributed by atoms with Gasteiger partial charge in [-0.1, -0.05) is 194 Å². The SMILES string of the molecule is CCCCCCCCCCCCCCCCCCC(CCCCCCCCCCCCCC)(CC(=O)O)SCCC(=O)O. The van der Waals surface area contributed by atoms with Gasteiger partial charge in [0.15, 0.2) is 0 Å². The van der Waals surface area contributed by atoms with Crippen molar-refractivity contribution in [3.8, 4) is 0 Å². The molecule has 0 amide bonds. The van der Waals surface area contributed by atoms with Gasteiger partial charge in [-0.2, -0.15) is 11.8 Å². The van der Waals surface area contributed by atoms with Gasteiger partial charge >= 0.3 is 11.9 Å². The van der Waals surface area contributed by atoms with Crippen LogP contribution in [0.1, 0.15) is 219 Å². The molecule has 0 saturated heterocycles. The summed E-state index contributed by atoms with van der Waals surface area (Å²) in [5.74, 6) is -1.01. The third kappa shape index (κ3) is 31.1. The van der Waals surface area contributed by atoms with Gasteiger partial charge in [0, 0.05) is 10.5 Å². The van der Waals surface area contributed by atoms with E-state index in [-0.39, 0.29) is 17.6 Å². The van der Waals surface area contributed by atoms with Crippen LogP contribution >= 0.6 is 11.8 Å². The van der Waals surface area contributed by atoms with Crippen molar-refractivity contribution in [2.24, 2.45) is 0 Å². The van der Waals surface area contributed by atoms with Crippen LogP contribution in [0.4, 0.5) is 0 Å². The van der Waals surface area contributed by atoms with Crippen LogP contribution in [-0.2, 0) is 9.59 Å². The molecule has 5 heteroatoms. The number of hydrogen-bond donors (Lipinski definition) is 2. The van der Waals surface area contributed by atoms with Crippen LogP contribution in [-0.4, -0.2) is 32.7 Å². The van der Waals surface area contributed by atoms with E-state index in [0.29, 0.717) is 5.75 Å². The molecule has 0 aliphatic rings. The van der Waals surface area contributed by atoms with Gasteiger partial charge in [0.2, 0.25) is 0 Å². The Balaban J connectivity index is 4.18. The van der Waals surface area contributed by atoms with E-state index < -0.39 is 11.9 Å². The molecule has 0 spiro atoms. The molecule has 2 N–H and O–H groups in total. The van der Waals surface area contributed by atoms with E-state index in [1.54, 1.807) is 11.8 Å². The molecule has 0 rings (SSSR count). The molecule has 256 valence electrons. The lowest BCUT2D eigenvalue weighted by Gasteiger charge is -2.32. The minimum Gasteiger partial charge on any atom is -0.481 e. The summed E-state index contributed by atoms with van der Waals surface area (Å²) in [5, 5.41) is 18.9. The Morgan fingerprint density at radius 1 is 0.442 bits per heavy atom. The summed E-state index contributed by atoms with van der Waals surface area (Å²) in [5.41, 5.74) is 0. The zero-order chi connectivity index (χ0) is 31.7. The van der Waals surface area contributed by atoms with E-state index >= 15 is 0 Å². The van der Waals surface area contributed by atoms with Crippen LogP contribution in [0.3, 0.4) is 0 Å². The zero-order valence-electron chi connectivity index (χ0n) is 29.0. The normalized spacial score (nSPS) is 12.9. The summed E-state index contributed by atoms with van der Waals surface area (Å²) in [7, 11) is 0. The molecule has 43 heavy (non-hydrogen) atoms. The van der Waals surface area contributed by atoms with Crippen molar-refractivity contribution in [2.45, 2.75) is 224 Å². The van der Waals surface area contributed by atoms with Gasteiger partial charge in [0.25, 0.3) is 0 Å². The molecule has 0 aliphatic heterocycles. The van der Waals surface area contributed by atoms with E-state index in [1.165, 1.54) is 154 Å². The highest BCUT2D eigenvalue weighted by atomic mass is 32.2. The first-order valence-corrected chi connectivity index (χ1v) is 20.0. The second-order valence-corrected chi connectivity index (χ2v) is 15.0.